The van der Waals surface area contributed by atoms with Crippen LogP contribution in [-0.4, -0.2) is 26.8 Å². The fraction of sp³-hybridized carbons (Fsp3) is 0.462. The van der Waals surface area contributed by atoms with Gasteiger partial charge in [-0.05, 0) is 12.5 Å². The van der Waals surface area contributed by atoms with E-state index >= 15 is 0 Å². The van der Waals surface area contributed by atoms with Crippen molar-refractivity contribution in [3.05, 3.63) is 23.3 Å². The van der Waals surface area contributed by atoms with Crippen molar-refractivity contribution >= 4 is 5.97 Å². The zero-order chi connectivity index (χ0) is 12.8. The number of ether oxygens (including phenoxy) is 4. The average Bonchev–Trinajstić information content (AvgIpc) is 2.96. The van der Waals surface area contributed by atoms with E-state index in [2.05, 4.69) is 0 Å². The summed E-state index contributed by atoms with van der Waals surface area (Å²) in [6, 6.07) is 3.40. The normalized spacial score (nSPS) is 25.1. The predicted octanol–water partition coefficient (Wildman–Crippen LogP) is 1.84. The van der Waals surface area contributed by atoms with Crippen LogP contribution < -0.4 is 9.47 Å². The summed E-state index contributed by atoms with van der Waals surface area (Å²) in [5, 5.41) is 0. The number of carbonyl (C=O) groups excluding carboxylic acids is 1. The molecule has 0 aromatic heterocycles. The number of rotatable bonds is 2. The summed E-state index contributed by atoms with van der Waals surface area (Å²) in [7, 11) is 3.10. The van der Waals surface area contributed by atoms with E-state index in [1.165, 1.54) is 0 Å². The van der Waals surface area contributed by atoms with Crippen LogP contribution in [0.3, 0.4) is 0 Å². The van der Waals surface area contributed by atoms with Gasteiger partial charge in [0.2, 0.25) is 5.79 Å². The quantitative estimate of drug-likeness (QED) is 0.749. The van der Waals surface area contributed by atoms with Gasteiger partial charge in [0.1, 0.15) is 11.5 Å². The fourth-order valence-electron chi connectivity index (χ4n) is 2.57. The molecule has 1 spiro atoms. The maximum atomic E-state index is 11.9. The molecule has 96 valence electrons. The van der Waals surface area contributed by atoms with Crippen LogP contribution in [0.5, 0.6) is 11.5 Å². The van der Waals surface area contributed by atoms with Gasteiger partial charge < -0.3 is 18.9 Å². The molecule has 1 unspecified atom stereocenters. The van der Waals surface area contributed by atoms with Crippen molar-refractivity contribution in [3.8, 4) is 11.5 Å². The Morgan fingerprint density at radius 2 is 2.11 bits per heavy atom. The van der Waals surface area contributed by atoms with E-state index in [0.29, 0.717) is 35.7 Å². The molecule has 0 saturated carbocycles. The molecule has 0 aliphatic carbocycles. The van der Waals surface area contributed by atoms with Crippen LogP contribution in [0.15, 0.2) is 12.1 Å². The number of benzene rings is 1. The maximum Gasteiger partial charge on any atom is 0.341 e. The lowest BCUT2D eigenvalue weighted by Gasteiger charge is -2.23. The first-order chi connectivity index (χ1) is 8.70. The molecule has 1 saturated heterocycles. The molecular formula is C13H14O5. The van der Waals surface area contributed by atoms with Gasteiger partial charge in [0.15, 0.2) is 0 Å². The summed E-state index contributed by atoms with van der Waals surface area (Å²) in [5.41, 5.74) is 1.15. The van der Waals surface area contributed by atoms with E-state index in [0.717, 1.165) is 6.42 Å². The van der Waals surface area contributed by atoms with Crippen LogP contribution >= 0.6 is 0 Å². The number of hydrogen-bond acceptors (Lipinski definition) is 5. The minimum atomic E-state index is -0.954. The van der Waals surface area contributed by atoms with Crippen LogP contribution in [0.25, 0.3) is 0 Å². The average molecular weight is 250 g/mol. The monoisotopic (exact) mass is 250 g/mol. The maximum absolute atomic E-state index is 11.9. The summed E-state index contributed by atoms with van der Waals surface area (Å²) < 4.78 is 21.6. The van der Waals surface area contributed by atoms with Crippen LogP contribution in [0.4, 0.5) is 0 Å². The first-order valence-corrected chi connectivity index (χ1v) is 5.84. The summed E-state index contributed by atoms with van der Waals surface area (Å²) in [6.07, 6.45) is 1.52. The zero-order valence-electron chi connectivity index (χ0n) is 10.3. The van der Waals surface area contributed by atoms with E-state index in [9.17, 15) is 4.79 Å². The highest BCUT2D eigenvalue weighted by molar-refractivity contribution is 5.96. The van der Waals surface area contributed by atoms with Gasteiger partial charge in [-0.3, -0.25) is 0 Å². The number of esters is 1. The van der Waals surface area contributed by atoms with Gasteiger partial charge >= 0.3 is 5.97 Å². The van der Waals surface area contributed by atoms with Crippen molar-refractivity contribution < 1.29 is 23.7 Å². The number of methoxy groups -OCH3 is 2. The lowest BCUT2D eigenvalue weighted by Crippen LogP contribution is -2.25. The smallest absolute Gasteiger partial charge is 0.341 e. The topological polar surface area (TPSA) is 54.0 Å². The fourth-order valence-corrected chi connectivity index (χ4v) is 2.57. The molecule has 0 radical (unpaired) electrons. The van der Waals surface area contributed by atoms with Crippen molar-refractivity contribution in [1.82, 2.24) is 0 Å². The molecular weight excluding hydrogens is 236 g/mol. The molecule has 1 aromatic carbocycles. The van der Waals surface area contributed by atoms with Crippen LogP contribution in [0.2, 0.25) is 0 Å². The first-order valence-electron chi connectivity index (χ1n) is 5.84. The number of hydrogen-bond donors (Lipinski definition) is 0. The van der Waals surface area contributed by atoms with E-state index in [1.54, 1.807) is 26.4 Å². The highest BCUT2D eigenvalue weighted by Crippen LogP contribution is 2.49. The molecule has 0 amide bonds. The second-order valence-corrected chi connectivity index (χ2v) is 4.35. The molecule has 5 heteroatoms. The Kier molecular flexibility index (Phi) is 2.45. The molecule has 0 N–H and O–H groups in total. The van der Waals surface area contributed by atoms with Crippen molar-refractivity contribution in [1.29, 1.82) is 0 Å². The van der Waals surface area contributed by atoms with E-state index in [4.69, 9.17) is 18.9 Å². The summed E-state index contributed by atoms with van der Waals surface area (Å²) in [5.74, 6) is -0.205. The Labute approximate surface area is 105 Å². The molecule has 3 rings (SSSR count). The Hall–Kier alpha value is -1.75. The van der Waals surface area contributed by atoms with Gasteiger partial charge in [-0.2, -0.15) is 0 Å². The second-order valence-electron chi connectivity index (χ2n) is 4.35. The van der Waals surface area contributed by atoms with Crippen LogP contribution in [0, 0.1) is 0 Å². The van der Waals surface area contributed by atoms with Gasteiger partial charge in [0, 0.05) is 12.5 Å². The summed E-state index contributed by atoms with van der Waals surface area (Å²) in [4.78, 5) is 11.9. The third-order valence-electron chi connectivity index (χ3n) is 3.38. The molecule has 0 bridgehead atoms. The minimum absolute atomic E-state index is 0.385. The molecule has 1 atom stereocenters. The Morgan fingerprint density at radius 3 is 2.72 bits per heavy atom. The third-order valence-corrected chi connectivity index (χ3v) is 3.38. The molecule has 1 aromatic rings. The van der Waals surface area contributed by atoms with Gasteiger partial charge in [-0.1, -0.05) is 0 Å². The van der Waals surface area contributed by atoms with E-state index < -0.39 is 5.79 Å². The van der Waals surface area contributed by atoms with Gasteiger partial charge in [-0.15, -0.1) is 0 Å². The van der Waals surface area contributed by atoms with Crippen LogP contribution in [0.1, 0.15) is 28.8 Å². The molecule has 18 heavy (non-hydrogen) atoms. The van der Waals surface area contributed by atoms with Crippen molar-refractivity contribution in [2.24, 2.45) is 0 Å². The van der Waals surface area contributed by atoms with Crippen molar-refractivity contribution in [3.63, 3.8) is 0 Å². The molecule has 1 fully saturated rings. The second kappa shape index (κ2) is 3.88. The lowest BCUT2D eigenvalue weighted by molar-refractivity contribution is -0.173. The minimum Gasteiger partial charge on any atom is -0.497 e. The Bertz CT molecular complexity index is 502. The third kappa shape index (κ3) is 1.40. The van der Waals surface area contributed by atoms with Crippen LogP contribution in [-0.2, 0) is 15.3 Å². The lowest BCUT2D eigenvalue weighted by atomic mass is 9.98. The highest BCUT2D eigenvalue weighted by Gasteiger charge is 2.51. The number of carbonyl (C=O) groups is 1. The van der Waals surface area contributed by atoms with Gasteiger partial charge in [0.05, 0.1) is 32.0 Å². The molecule has 2 aliphatic rings. The summed E-state index contributed by atoms with van der Waals surface area (Å²) >= 11 is 0. The first kappa shape index (κ1) is 11.3. The van der Waals surface area contributed by atoms with Gasteiger partial charge in [-0.25, -0.2) is 4.79 Å². The Balaban J connectivity index is 2.21. The van der Waals surface area contributed by atoms with Gasteiger partial charge in [0.25, 0.3) is 0 Å². The highest BCUT2D eigenvalue weighted by atomic mass is 16.7. The molecule has 2 aliphatic heterocycles. The summed E-state index contributed by atoms with van der Waals surface area (Å²) in [6.45, 7) is 0.585. The van der Waals surface area contributed by atoms with Crippen molar-refractivity contribution in [2.75, 3.05) is 20.8 Å². The zero-order valence-corrected chi connectivity index (χ0v) is 10.3. The van der Waals surface area contributed by atoms with E-state index in [-0.39, 0.29) is 5.97 Å². The molecule has 2 heterocycles. The standard InChI is InChI=1S/C13H14O5/c1-15-8-6-9-11(10(7-8)16-2)13(18-12(9)14)4-3-5-17-13/h6-7H,3-5H2,1-2H3. The Morgan fingerprint density at radius 1 is 1.28 bits per heavy atom. The van der Waals surface area contributed by atoms with Crippen molar-refractivity contribution in [2.45, 2.75) is 18.6 Å². The predicted molar refractivity (Wildman–Crippen MR) is 61.8 cm³/mol. The SMILES string of the molecule is COc1cc(OC)c2c(c1)C(=O)OC21CCCO1. The molecule has 5 nitrogen and oxygen atoms in total. The van der Waals surface area contributed by atoms with E-state index in [1.807, 2.05) is 0 Å². The largest absolute Gasteiger partial charge is 0.497 e. The number of fused-ring (bicyclic) bond motifs is 2.